The van der Waals surface area contributed by atoms with Crippen LogP contribution in [0.3, 0.4) is 0 Å². The molecule has 0 amide bonds. The van der Waals surface area contributed by atoms with E-state index in [1.165, 1.54) is 12.1 Å². The maximum Gasteiger partial charge on any atom is 0.356 e. The Morgan fingerprint density at radius 3 is 2.95 bits per heavy atom. The third-order valence-electron chi connectivity index (χ3n) is 5.13. The van der Waals surface area contributed by atoms with Gasteiger partial charge in [-0.3, -0.25) is 4.68 Å². The Balaban J connectivity index is 1.53. The zero-order chi connectivity index (χ0) is 13.7. The molecule has 1 saturated heterocycles. The van der Waals surface area contributed by atoms with Crippen LogP contribution in [0.25, 0.3) is 0 Å². The molecule has 3 aliphatic rings. The van der Waals surface area contributed by atoms with Gasteiger partial charge in [0, 0.05) is 36.9 Å². The van der Waals surface area contributed by atoms with Crippen molar-refractivity contribution in [3.05, 3.63) is 17.0 Å². The Bertz CT molecular complexity index is 546. The molecule has 0 radical (unpaired) electrons. The van der Waals surface area contributed by atoms with Crippen molar-refractivity contribution in [2.45, 2.75) is 44.6 Å². The Labute approximate surface area is 117 Å². The van der Waals surface area contributed by atoms with E-state index in [2.05, 4.69) is 5.10 Å². The summed E-state index contributed by atoms with van der Waals surface area (Å²) in [5.41, 5.74) is 2.56. The number of ether oxygens (including phenoxy) is 1. The van der Waals surface area contributed by atoms with Crippen LogP contribution in [0.1, 0.15) is 53.3 Å². The SMILES string of the molecule is O=C(O)c1nn(CCC2CCOCC2)c2c1C[C@H]1C[C@@H]21. The van der Waals surface area contributed by atoms with E-state index >= 15 is 0 Å². The molecule has 2 atom stereocenters. The topological polar surface area (TPSA) is 64.3 Å². The second kappa shape index (κ2) is 4.58. The molecule has 4 rings (SSSR count). The average molecular weight is 276 g/mol. The quantitative estimate of drug-likeness (QED) is 0.914. The first kappa shape index (κ1) is 12.4. The van der Waals surface area contributed by atoms with Crippen molar-refractivity contribution in [2.24, 2.45) is 11.8 Å². The highest BCUT2D eigenvalue weighted by molar-refractivity contribution is 5.88. The molecule has 0 aromatic carbocycles. The van der Waals surface area contributed by atoms with E-state index in [0.29, 0.717) is 23.4 Å². The molecule has 5 heteroatoms. The van der Waals surface area contributed by atoms with Gasteiger partial charge in [-0.1, -0.05) is 0 Å². The first-order chi connectivity index (χ1) is 9.74. The maximum atomic E-state index is 11.3. The van der Waals surface area contributed by atoms with Gasteiger partial charge in [-0.25, -0.2) is 4.79 Å². The highest BCUT2D eigenvalue weighted by Crippen LogP contribution is 2.56. The molecule has 1 aromatic rings. The zero-order valence-corrected chi connectivity index (χ0v) is 11.5. The molecule has 5 nitrogen and oxygen atoms in total. The number of nitrogens with zero attached hydrogens (tertiary/aromatic N) is 2. The zero-order valence-electron chi connectivity index (χ0n) is 11.5. The molecule has 20 heavy (non-hydrogen) atoms. The van der Waals surface area contributed by atoms with Crippen molar-refractivity contribution < 1.29 is 14.6 Å². The summed E-state index contributed by atoms with van der Waals surface area (Å²) in [6.45, 7) is 2.60. The van der Waals surface area contributed by atoms with Crippen LogP contribution in [0, 0.1) is 11.8 Å². The van der Waals surface area contributed by atoms with Crippen molar-refractivity contribution in [3.8, 4) is 0 Å². The van der Waals surface area contributed by atoms with Gasteiger partial charge in [0.1, 0.15) is 0 Å². The van der Waals surface area contributed by atoms with Crippen LogP contribution >= 0.6 is 0 Å². The van der Waals surface area contributed by atoms with E-state index < -0.39 is 5.97 Å². The smallest absolute Gasteiger partial charge is 0.356 e. The van der Waals surface area contributed by atoms with Crippen molar-refractivity contribution in [1.82, 2.24) is 9.78 Å². The molecule has 2 fully saturated rings. The van der Waals surface area contributed by atoms with Gasteiger partial charge >= 0.3 is 5.97 Å². The fraction of sp³-hybridized carbons (Fsp3) is 0.733. The molecule has 2 heterocycles. The number of carbonyl (C=O) groups is 1. The summed E-state index contributed by atoms with van der Waals surface area (Å²) in [6, 6.07) is 0. The standard InChI is InChI=1S/C15H20N2O3/c18-15(19)13-12-8-10-7-11(10)14(12)17(16-13)4-1-9-2-5-20-6-3-9/h9-11H,1-8H2,(H,18,19)/t10-,11-/m1/s1. The van der Waals surface area contributed by atoms with Crippen molar-refractivity contribution in [2.75, 3.05) is 13.2 Å². The molecular weight excluding hydrogens is 256 g/mol. The molecule has 1 aliphatic heterocycles. The van der Waals surface area contributed by atoms with Gasteiger partial charge in [-0.2, -0.15) is 5.10 Å². The predicted molar refractivity (Wildman–Crippen MR) is 71.9 cm³/mol. The van der Waals surface area contributed by atoms with Crippen molar-refractivity contribution in [1.29, 1.82) is 0 Å². The van der Waals surface area contributed by atoms with Crippen LogP contribution in [0.2, 0.25) is 0 Å². The molecule has 1 saturated carbocycles. The third-order valence-corrected chi connectivity index (χ3v) is 5.13. The minimum Gasteiger partial charge on any atom is -0.476 e. The van der Waals surface area contributed by atoms with Gasteiger partial charge in [0.05, 0.1) is 0 Å². The Hall–Kier alpha value is -1.36. The molecule has 108 valence electrons. The lowest BCUT2D eigenvalue weighted by Gasteiger charge is -2.22. The first-order valence-corrected chi connectivity index (χ1v) is 7.64. The summed E-state index contributed by atoms with van der Waals surface area (Å²) in [5, 5.41) is 13.7. The molecule has 0 bridgehead atoms. The van der Waals surface area contributed by atoms with Gasteiger partial charge in [0.2, 0.25) is 0 Å². The van der Waals surface area contributed by atoms with Gasteiger partial charge < -0.3 is 9.84 Å². The van der Waals surface area contributed by atoms with Gasteiger partial charge in [-0.15, -0.1) is 0 Å². The predicted octanol–water partition coefficient (Wildman–Crippen LogP) is 2.06. The van der Waals surface area contributed by atoms with Crippen LogP contribution in [-0.4, -0.2) is 34.1 Å². The van der Waals surface area contributed by atoms with Gasteiger partial charge in [-0.05, 0) is 43.9 Å². The number of hydrogen-bond acceptors (Lipinski definition) is 3. The highest BCUT2D eigenvalue weighted by atomic mass is 16.5. The number of hydrogen-bond donors (Lipinski definition) is 1. The molecule has 0 spiro atoms. The summed E-state index contributed by atoms with van der Waals surface area (Å²) >= 11 is 0. The normalized spacial score (nSPS) is 28.2. The van der Waals surface area contributed by atoms with Crippen LogP contribution in [0.4, 0.5) is 0 Å². The van der Waals surface area contributed by atoms with Crippen molar-refractivity contribution >= 4 is 5.97 Å². The molecule has 1 aromatic heterocycles. The van der Waals surface area contributed by atoms with Crippen LogP contribution in [0.5, 0.6) is 0 Å². The Kier molecular flexibility index (Phi) is 2.84. The first-order valence-electron chi connectivity index (χ1n) is 7.64. The van der Waals surface area contributed by atoms with Crippen LogP contribution < -0.4 is 0 Å². The maximum absolute atomic E-state index is 11.3. The summed E-state index contributed by atoms with van der Waals surface area (Å²) in [4.78, 5) is 11.3. The fourth-order valence-electron chi connectivity index (χ4n) is 3.88. The second-order valence-corrected chi connectivity index (χ2v) is 6.39. The number of fused-ring (bicyclic) bond motifs is 3. The number of carboxylic acids is 1. The van der Waals surface area contributed by atoms with Crippen LogP contribution in [-0.2, 0) is 17.7 Å². The molecular formula is C15H20N2O3. The average Bonchev–Trinajstić information content (AvgIpc) is 2.96. The fourth-order valence-corrected chi connectivity index (χ4v) is 3.88. The van der Waals surface area contributed by atoms with E-state index in [4.69, 9.17) is 4.74 Å². The number of aromatic nitrogens is 2. The molecule has 2 aliphatic carbocycles. The number of carboxylic acid groups (broad SMARTS) is 1. The lowest BCUT2D eigenvalue weighted by Crippen LogP contribution is -2.18. The summed E-state index contributed by atoms with van der Waals surface area (Å²) in [6.07, 6.45) is 5.50. The molecule has 0 unspecified atom stereocenters. The van der Waals surface area contributed by atoms with E-state index in [0.717, 1.165) is 51.0 Å². The minimum atomic E-state index is -0.868. The number of aromatic carboxylic acids is 1. The molecule has 1 N–H and O–H groups in total. The third kappa shape index (κ3) is 1.95. The highest BCUT2D eigenvalue weighted by Gasteiger charge is 2.49. The lowest BCUT2D eigenvalue weighted by molar-refractivity contribution is 0.0621. The summed E-state index contributed by atoms with van der Waals surface area (Å²) in [7, 11) is 0. The van der Waals surface area contributed by atoms with Crippen LogP contribution in [0.15, 0.2) is 0 Å². The van der Waals surface area contributed by atoms with E-state index in [1.54, 1.807) is 0 Å². The van der Waals surface area contributed by atoms with Gasteiger partial charge in [0.25, 0.3) is 0 Å². The number of rotatable bonds is 4. The summed E-state index contributed by atoms with van der Waals surface area (Å²) in [5.74, 6) is 1.14. The van der Waals surface area contributed by atoms with E-state index in [1.807, 2.05) is 4.68 Å². The van der Waals surface area contributed by atoms with E-state index in [9.17, 15) is 9.90 Å². The number of aryl methyl sites for hydroxylation is 1. The van der Waals surface area contributed by atoms with Gasteiger partial charge in [0.15, 0.2) is 5.69 Å². The van der Waals surface area contributed by atoms with E-state index in [-0.39, 0.29) is 0 Å². The Morgan fingerprint density at radius 2 is 2.20 bits per heavy atom. The largest absolute Gasteiger partial charge is 0.476 e. The lowest BCUT2D eigenvalue weighted by atomic mass is 9.97. The summed E-state index contributed by atoms with van der Waals surface area (Å²) < 4.78 is 7.39. The monoisotopic (exact) mass is 276 g/mol. The minimum absolute atomic E-state index is 0.305. The second-order valence-electron chi connectivity index (χ2n) is 6.39. The Morgan fingerprint density at radius 1 is 1.40 bits per heavy atom. The van der Waals surface area contributed by atoms with Crippen molar-refractivity contribution in [3.63, 3.8) is 0 Å².